The van der Waals surface area contributed by atoms with Gasteiger partial charge in [0.15, 0.2) is 0 Å². The number of nitrogens with zero attached hydrogens (tertiary/aromatic N) is 1. The molecule has 1 atom stereocenters. The third-order valence-electron chi connectivity index (χ3n) is 2.71. The van der Waals surface area contributed by atoms with E-state index in [1.807, 2.05) is 11.7 Å². The van der Waals surface area contributed by atoms with Gasteiger partial charge in [0, 0.05) is 24.2 Å². The number of likely N-dealkylation sites (N-methyl/N-ethyl adjacent to an activating group) is 1. The van der Waals surface area contributed by atoms with Crippen LogP contribution in [0.5, 0.6) is 0 Å². The fourth-order valence-corrected chi connectivity index (χ4v) is 2.44. The third kappa shape index (κ3) is 4.60. The zero-order valence-electron chi connectivity index (χ0n) is 10.6. The van der Waals surface area contributed by atoms with E-state index in [1.165, 1.54) is 4.88 Å². The average molecular weight is 242 g/mol. The van der Waals surface area contributed by atoms with Gasteiger partial charge in [-0.1, -0.05) is 6.92 Å². The summed E-state index contributed by atoms with van der Waals surface area (Å²) in [5.74, 6) is 0. The van der Waals surface area contributed by atoms with Gasteiger partial charge in [0.25, 0.3) is 0 Å². The zero-order valence-corrected chi connectivity index (χ0v) is 11.4. The third-order valence-corrected chi connectivity index (χ3v) is 3.52. The summed E-state index contributed by atoms with van der Waals surface area (Å²) in [5.41, 5.74) is 1.82. The van der Waals surface area contributed by atoms with E-state index in [-0.39, 0.29) is 5.60 Å². The van der Waals surface area contributed by atoms with Crippen molar-refractivity contribution in [3.8, 4) is 0 Å². The molecule has 0 spiro atoms. The lowest BCUT2D eigenvalue weighted by molar-refractivity contribution is 0.00732. The molecule has 92 valence electrons. The number of ether oxygens (including phenoxy) is 1. The van der Waals surface area contributed by atoms with Crippen molar-refractivity contribution >= 4 is 11.3 Å². The first kappa shape index (κ1) is 13.6. The van der Waals surface area contributed by atoms with Gasteiger partial charge in [-0.3, -0.25) is 4.98 Å². The van der Waals surface area contributed by atoms with E-state index in [9.17, 15) is 0 Å². The maximum absolute atomic E-state index is 5.48. The maximum Gasteiger partial charge on any atom is 0.0794 e. The van der Waals surface area contributed by atoms with Gasteiger partial charge in [-0.2, -0.15) is 0 Å². The Balaban J connectivity index is 2.54. The molecule has 16 heavy (non-hydrogen) atoms. The van der Waals surface area contributed by atoms with Gasteiger partial charge in [-0.05, 0) is 33.2 Å². The van der Waals surface area contributed by atoms with Gasteiger partial charge in [0.1, 0.15) is 0 Å². The molecule has 0 saturated carbocycles. The highest BCUT2D eigenvalue weighted by Gasteiger charge is 2.22. The van der Waals surface area contributed by atoms with Crippen LogP contribution in [0.15, 0.2) is 11.7 Å². The second kappa shape index (κ2) is 6.33. The molecular weight excluding hydrogens is 220 g/mol. The van der Waals surface area contributed by atoms with Gasteiger partial charge in [-0.15, -0.1) is 11.3 Å². The number of hydrogen-bond acceptors (Lipinski definition) is 4. The number of thiazole rings is 1. The van der Waals surface area contributed by atoms with Crippen molar-refractivity contribution in [2.45, 2.75) is 45.3 Å². The average Bonchev–Trinajstić information content (AvgIpc) is 2.70. The molecule has 0 aliphatic heterocycles. The van der Waals surface area contributed by atoms with E-state index in [0.29, 0.717) is 6.04 Å². The van der Waals surface area contributed by atoms with Gasteiger partial charge in [0.05, 0.1) is 11.1 Å². The molecule has 3 nitrogen and oxygen atoms in total. The molecule has 1 unspecified atom stereocenters. The first-order chi connectivity index (χ1) is 7.57. The molecular formula is C12H22N2OS. The Hall–Kier alpha value is -0.450. The minimum Gasteiger partial charge on any atom is -0.379 e. The molecule has 1 aromatic heterocycles. The van der Waals surface area contributed by atoms with Crippen LogP contribution in [0.2, 0.25) is 0 Å². The predicted octanol–water partition coefficient (Wildman–Crippen LogP) is 2.48. The van der Waals surface area contributed by atoms with Crippen molar-refractivity contribution in [2.24, 2.45) is 0 Å². The van der Waals surface area contributed by atoms with E-state index in [2.05, 4.69) is 31.1 Å². The molecule has 1 N–H and O–H groups in total. The maximum atomic E-state index is 5.48. The van der Waals surface area contributed by atoms with E-state index in [4.69, 9.17) is 4.74 Å². The number of aromatic nitrogens is 1. The Morgan fingerprint density at radius 3 is 2.81 bits per heavy atom. The summed E-state index contributed by atoms with van der Waals surface area (Å²) >= 11 is 1.72. The van der Waals surface area contributed by atoms with E-state index < -0.39 is 0 Å². The molecule has 1 heterocycles. The lowest BCUT2D eigenvalue weighted by Gasteiger charge is -2.28. The Morgan fingerprint density at radius 1 is 1.56 bits per heavy atom. The van der Waals surface area contributed by atoms with Crippen LogP contribution in [0.4, 0.5) is 0 Å². The Morgan fingerprint density at radius 2 is 2.31 bits per heavy atom. The van der Waals surface area contributed by atoms with Crippen LogP contribution in [0.3, 0.4) is 0 Å². The number of nitrogens with one attached hydrogen (secondary N) is 1. The lowest BCUT2D eigenvalue weighted by Crippen LogP contribution is -2.38. The topological polar surface area (TPSA) is 34.2 Å². The molecule has 0 saturated heterocycles. The Bertz CT molecular complexity index is 285. The fourth-order valence-electron chi connectivity index (χ4n) is 1.77. The molecule has 0 aromatic carbocycles. The monoisotopic (exact) mass is 242 g/mol. The predicted molar refractivity (Wildman–Crippen MR) is 69.0 cm³/mol. The number of hydrogen-bond donors (Lipinski definition) is 1. The summed E-state index contributed by atoms with van der Waals surface area (Å²) in [4.78, 5) is 5.44. The first-order valence-electron chi connectivity index (χ1n) is 5.73. The van der Waals surface area contributed by atoms with Crippen LogP contribution in [0, 0.1) is 0 Å². The van der Waals surface area contributed by atoms with Gasteiger partial charge >= 0.3 is 0 Å². The molecule has 4 heteroatoms. The summed E-state index contributed by atoms with van der Waals surface area (Å²) < 4.78 is 5.48. The molecule has 0 amide bonds. The summed E-state index contributed by atoms with van der Waals surface area (Å²) in [7, 11) is 1.77. The van der Waals surface area contributed by atoms with Crippen LogP contribution < -0.4 is 5.32 Å². The fraction of sp³-hybridized carbons (Fsp3) is 0.750. The van der Waals surface area contributed by atoms with Crippen molar-refractivity contribution in [2.75, 3.05) is 13.7 Å². The molecule has 0 aliphatic rings. The van der Waals surface area contributed by atoms with Gasteiger partial charge in [-0.25, -0.2) is 0 Å². The normalized spacial score (nSPS) is 14.0. The van der Waals surface area contributed by atoms with E-state index in [0.717, 1.165) is 19.4 Å². The van der Waals surface area contributed by atoms with Crippen LogP contribution >= 0.6 is 11.3 Å². The standard InChI is InChI=1S/C12H22N2OS/c1-5-14-10(7-12(2,3)15-4)6-11-8-13-9-16-11/h8-10,14H,5-7H2,1-4H3. The molecule has 0 aliphatic carbocycles. The Kier molecular flexibility index (Phi) is 5.38. The van der Waals surface area contributed by atoms with Crippen molar-refractivity contribution in [1.82, 2.24) is 10.3 Å². The second-order valence-electron chi connectivity index (χ2n) is 4.59. The molecule has 0 bridgehead atoms. The lowest BCUT2D eigenvalue weighted by atomic mass is 9.96. The van der Waals surface area contributed by atoms with Crippen molar-refractivity contribution in [3.05, 3.63) is 16.6 Å². The minimum absolute atomic E-state index is 0.0719. The molecule has 0 radical (unpaired) electrons. The van der Waals surface area contributed by atoms with E-state index in [1.54, 1.807) is 18.4 Å². The van der Waals surface area contributed by atoms with Crippen molar-refractivity contribution in [3.63, 3.8) is 0 Å². The van der Waals surface area contributed by atoms with Crippen LogP contribution in [-0.4, -0.2) is 30.3 Å². The highest BCUT2D eigenvalue weighted by atomic mass is 32.1. The zero-order chi connectivity index (χ0) is 12.0. The summed E-state index contributed by atoms with van der Waals surface area (Å²) in [6, 6.07) is 0.459. The highest BCUT2D eigenvalue weighted by molar-refractivity contribution is 7.09. The molecule has 0 fully saturated rings. The van der Waals surface area contributed by atoms with Crippen LogP contribution in [0.1, 0.15) is 32.1 Å². The number of rotatable bonds is 7. The van der Waals surface area contributed by atoms with Gasteiger partial charge < -0.3 is 10.1 Å². The van der Waals surface area contributed by atoms with E-state index >= 15 is 0 Å². The highest BCUT2D eigenvalue weighted by Crippen LogP contribution is 2.19. The van der Waals surface area contributed by atoms with Crippen LogP contribution in [0.25, 0.3) is 0 Å². The second-order valence-corrected chi connectivity index (χ2v) is 5.57. The summed E-state index contributed by atoms with van der Waals surface area (Å²) in [5, 5.41) is 3.51. The Labute approximate surface area is 102 Å². The molecule has 1 aromatic rings. The SMILES string of the molecule is CCNC(Cc1cncs1)CC(C)(C)OC. The van der Waals surface area contributed by atoms with Gasteiger partial charge in [0.2, 0.25) is 0 Å². The molecule has 1 rings (SSSR count). The quantitative estimate of drug-likeness (QED) is 0.797. The van der Waals surface area contributed by atoms with Crippen molar-refractivity contribution in [1.29, 1.82) is 0 Å². The van der Waals surface area contributed by atoms with Crippen molar-refractivity contribution < 1.29 is 4.74 Å². The largest absolute Gasteiger partial charge is 0.379 e. The summed E-state index contributed by atoms with van der Waals surface area (Å²) in [6.45, 7) is 7.39. The smallest absolute Gasteiger partial charge is 0.0794 e. The number of methoxy groups -OCH3 is 1. The first-order valence-corrected chi connectivity index (χ1v) is 6.61. The minimum atomic E-state index is -0.0719. The van der Waals surface area contributed by atoms with Crippen LogP contribution in [-0.2, 0) is 11.2 Å². The summed E-state index contributed by atoms with van der Waals surface area (Å²) in [6.07, 6.45) is 4.00.